The lowest BCUT2D eigenvalue weighted by molar-refractivity contribution is -0.138. The van der Waals surface area contributed by atoms with Gasteiger partial charge in [-0.15, -0.1) is 0 Å². The van der Waals surface area contributed by atoms with Gasteiger partial charge in [-0.3, -0.25) is 9.59 Å². The highest BCUT2D eigenvalue weighted by Gasteiger charge is 2.28. The molecule has 2 rings (SSSR count). The molecule has 1 N–H and O–H groups in total. The fraction of sp³-hybridized carbons (Fsp3) is 0.818. The van der Waals surface area contributed by atoms with E-state index in [1.807, 2.05) is 4.90 Å². The molecule has 2 aliphatic rings. The molecule has 1 unspecified atom stereocenters. The topological polar surface area (TPSA) is 49.4 Å². The maximum Gasteiger partial charge on any atom is 0.227 e. The zero-order chi connectivity index (χ0) is 10.7. The van der Waals surface area contributed by atoms with Crippen LogP contribution >= 0.6 is 0 Å². The van der Waals surface area contributed by atoms with Gasteiger partial charge in [-0.05, 0) is 25.7 Å². The highest BCUT2D eigenvalue weighted by molar-refractivity contribution is 5.83. The summed E-state index contributed by atoms with van der Waals surface area (Å²) in [7, 11) is 0. The van der Waals surface area contributed by atoms with Crippen molar-refractivity contribution >= 4 is 11.8 Å². The predicted octanol–water partition coefficient (Wildman–Crippen LogP) is 0.525. The first-order valence-corrected chi connectivity index (χ1v) is 5.83. The van der Waals surface area contributed by atoms with Gasteiger partial charge in [0.25, 0.3) is 0 Å². The Morgan fingerprint density at radius 3 is 2.60 bits per heavy atom. The zero-order valence-corrected chi connectivity index (χ0v) is 9.00. The fourth-order valence-electron chi connectivity index (χ4n) is 2.32. The molecule has 0 aromatic rings. The summed E-state index contributed by atoms with van der Waals surface area (Å²) in [6.45, 7) is 2.35. The monoisotopic (exact) mass is 210 g/mol. The summed E-state index contributed by atoms with van der Waals surface area (Å²) < 4.78 is 0. The molecule has 4 heteroatoms. The van der Waals surface area contributed by atoms with E-state index in [1.165, 1.54) is 6.42 Å². The summed E-state index contributed by atoms with van der Waals surface area (Å²) in [5, 5.41) is 2.77. The van der Waals surface area contributed by atoms with Crippen molar-refractivity contribution in [3.63, 3.8) is 0 Å². The summed E-state index contributed by atoms with van der Waals surface area (Å²) in [5.41, 5.74) is 0. The largest absolute Gasteiger partial charge is 0.355 e. The van der Waals surface area contributed by atoms with Gasteiger partial charge in [-0.25, -0.2) is 0 Å². The number of nitrogens with zero attached hydrogens (tertiary/aromatic N) is 1. The second-order valence-corrected chi connectivity index (χ2v) is 4.43. The first kappa shape index (κ1) is 10.5. The molecule has 0 bridgehead atoms. The van der Waals surface area contributed by atoms with Gasteiger partial charge in [-0.1, -0.05) is 0 Å². The molecule has 0 aliphatic carbocycles. The fourth-order valence-corrected chi connectivity index (χ4v) is 2.32. The minimum atomic E-state index is 0.0285. The van der Waals surface area contributed by atoms with Crippen LogP contribution in [0.2, 0.25) is 0 Å². The Hall–Kier alpha value is -1.06. The van der Waals surface area contributed by atoms with Gasteiger partial charge in [0.2, 0.25) is 11.8 Å². The Bertz CT molecular complexity index is 249. The zero-order valence-electron chi connectivity index (χ0n) is 9.00. The van der Waals surface area contributed by atoms with Gasteiger partial charge in [0.05, 0.1) is 5.92 Å². The van der Waals surface area contributed by atoms with Gasteiger partial charge in [-0.2, -0.15) is 0 Å². The SMILES string of the molecule is O=C1CCC(C(=O)N2CCCCC2)CN1. The lowest BCUT2D eigenvalue weighted by Crippen LogP contribution is -2.46. The Kier molecular flexibility index (Phi) is 3.23. The summed E-state index contributed by atoms with van der Waals surface area (Å²) in [5.74, 6) is 0.355. The Labute approximate surface area is 90.0 Å². The number of likely N-dealkylation sites (tertiary alicyclic amines) is 1. The van der Waals surface area contributed by atoms with E-state index in [0.717, 1.165) is 32.4 Å². The normalized spacial score (nSPS) is 27.3. The van der Waals surface area contributed by atoms with Gasteiger partial charge < -0.3 is 10.2 Å². The lowest BCUT2D eigenvalue weighted by atomic mass is 9.96. The molecule has 4 nitrogen and oxygen atoms in total. The van der Waals surface area contributed by atoms with Crippen LogP contribution in [-0.2, 0) is 9.59 Å². The van der Waals surface area contributed by atoms with Crippen LogP contribution in [0.15, 0.2) is 0 Å². The second-order valence-electron chi connectivity index (χ2n) is 4.43. The van der Waals surface area contributed by atoms with Crippen LogP contribution in [0.25, 0.3) is 0 Å². The predicted molar refractivity (Wildman–Crippen MR) is 56.2 cm³/mol. The first-order valence-electron chi connectivity index (χ1n) is 5.83. The smallest absolute Gasteiger partial charge is 0.227 e. The van der Waals surface area contributed by atoms with Crippen molar-refractivity contribution in [2.45, 2.75) is 32.1 Å². The van der Waals surface area contributed by atoms with Crippen LogP contribution in [-0.4, -0.2) is 36.3 Å². The summed E-state index contributed by atoms with van der Waals surface area (Å²) in [6, 6.07) is 0. The van der Waals surface area contributed by atoms with Crippen LogP contribution in [0.1, 0.15) is 32.1 Å². The van der Waals surface area contributed by atoms with E-state index in [9.17, 15) is 9.59 Å². The van der Waals surface area contributed by atoms with E-state index in [4.69, 9.17) is 0 Å². The average molecular weight is 210 g/mol. The molecule has 15 heavy (non-hydrogen) atoms. The van der Waals surface area contributed by atoms with E-state index in [-0.39, 0.29) is 17.7 Å². The van der Waals surface area contributed by atoms with Crippen LogP contribution in [0, 0.1) is 5.92 Å². The molecule has 0 aromatic carbocycles. The standard InChI is InChI=1S/C11H18N2O2/c14-10-5-4-9(8-12-10)11(15)13-6-2-1-3-7-13/h9H,1-8H2,(H,12,14). The quantitative estimate of drug-likeness (QED) is 0.686. The number of hydrogen-bond acceptors (Lipinski definition) is 2. The van der Waals surface area contributed by atoms with Crippen molar-refractivity contribution in [2.24, 2.45) is 5.92 Å². The van der Waals surface area contributed by atoms with Crippen molar-refractivity contribution in [1.29, 1.82) is 0 Å². The number of piperidine rings is 2. The van der Waals surface area contributed by atoms with Crippen molar-refractivity contribution in [3.05, 3.63) is 0 Å². The number of amides is 2. The minimum absolute atomic E-state index is 0.0285. The number of carbonyl (C=O) groups is 2. The molecule has 2 amide bonds. The average Bonchev–Trinajstić information content (AvgIpc) is 2.30. The summed E-state index contributed by atoms with van der Waals surface area (Å²) in [4.78, 5) is 25.0. The Morgan fingerprint density at radius 2 is 2.00 bits per heavy atom. The molecule has 0 saturated carbocycles. The molecular weight excluding hydrogens is 192 g/mol. The second kappa shape index (κ2) is 4.64. The van der Waals surface area contributed by atoms with E-state index < -0.39 is 0 Å². The number of nitrogens with one attached hydrogen (secondary N) is 1. The van der Waals surface area contributed by atoms with Crippen molar-refractivity contribution in [2.75, 3.05) is 19.6 Å². The van der Waals surface area contributed by atoms with Crippen molar-refractivity contribution in [3.8, 4) is 0 Å². The molecule has 0 radical (unpaired) electrons. The first-order chi connectivity index (χ1) is 7.27. The molecule has 2 aliphatic heterocycles. The third-order valence-electron chi connectivity index (χ3n) is 3.28. The van der Waals surface area contributed by atoms with Crippen LogP contribution in [0.4, 0.5) is 0 Å². The number of hydrogen-bond donors (Lipinski definition) is 1. The maximum absolute atomic E-state index is 12.0. The highest BCUT2D eigenvalue weighted by atomic mass is 16.2. The number of carbonyl (C=O) groups excluding carboxylic acids is 2. The molecule has 2 heterocycles. The van der Waals surface area contributed by atoms with Gasteiger partial charge in [0.15, 0.2) is 0 Å². The molecule has 0 aromatic heterocycles. The number of rotatable bonds is 1. The maximum atomic E-state index is 12.0. The molecular formula is C11H18N2O2. The molecule has 1 atom stereocenters. The Morgan fingerprint density at radius 1 is 1.27 bits per heavy atom. The third kappa shape index (κ3) is 2.49. The Balaban J connectivity index is 1.86. The van der Waals surface area contributed by atoms with Crippen LogP contribution in [0.3, 0.4) is 0 Å². The summed E-state index contributed by atoms with van der Waals surface area (Å²) in [6.07, 6.45) is 4.73. The highest BCUT2D eigenvalue weighted by Crippen LogP contribution is 2.17. The van der Waals surface area contributed by atoms with Gasteiger partial charge in [0.1, 0.15) is 0 Å². The lowest BCUT2D eigenvalue weighted by Gasteiger charge is -2.31. The minimum Gasteiger partial charge on any atom is -0.355 e. The van der Waals surface area contributed by atoms with E-state index in [1.54, 1.807) is 0 Å². The van der Waals surface area contributed by atoms with Crippen molar-refractivity contribution in [1.82, 2.24) is 10.2 Å². The molecule has 84 valence electrons. The van der Waals surface area contributed by atoms with Gasteiger partial charge >= 0.3 is 0 Å². The molecule has 0 spiro atoms. The molecule has 2 fully saturated rings. The van der Waals surface area contributed by atoms with Gasteiger partial charge in [0, 0.05) is 26.1 Å². The van der Waals surface area contributed by atoms with Crippen LogP contribution < -0.4 is 5.32 Å². The third-order valence-corrected chi connectivity index (χ3v) is 3.28. The van der Waals surface area contributed by atoms with Crippen LogP contribution in [0.5, 0.6) is 0 Å². The van der Waals surface area contributed by atoms with Crippen molar-refractivity contribution < 1.29 is 9.59 Å². The van der Waals surface area contributed by atoms with E-state index in [0.29, 0.717) is 13.0 Å². The van der Waals surface area contributed by atoms with E-state index in [2.05, 4.69) is 5.32 Å². The molecule has 2 saturated heterocycles. The van der Waals surface area contributed by atoms with E-state index >= 15 is 0 Å². The summed E-state index contributed by atoms with van der Waals surface area (Å²) >= 11 is 0.